The van der Waals surface area contributed by atoms with Crippen LogP contribution in [-0.2, 0) is 23.9 Å². The Morgan fingerprint density at radius 2 is 1.19 bits per heavy atom. The van der Waals surface area contributed by atoms with E-state index in [2.05, 4.69) is 35.0 Å². The predicted molar refractivity (Wildman–Crippen MR) is 171 cm³/mol. The molecule has 3 N–H and O–H groups in total. The summed E-state index contributed by atoms with van der Waals surface area (Å²) in [6.07, 6.45) is 22.8. The monoisotopic (exact) mass is 593 g/mol. The van der Waals surface area contributed by atoms with Crippen LogP contribution in [-0.4, -0.2) is 55.9 Å². The van der Waals surface area contributed by atoms with Gasteiger partial charge in [0.1, 0.15) is 6.10 Å². The van der Waals surface area contributed by atoms with E-state index in [1.807, 2.05) is 13.8 Å². The molecule has 1 atom stereocenters. The Kier molecular flexibility index (Phi) is 20.5. The molecule has 8 nitrogen and oxygen atoms in total. The molecular weight excluding hydrogens is 530 g/mol. The smallest absolute Gasteiger partial charge is 0.249 e. The van der Waals surface area contributed by atoms with E-state index in [9.17, 15) is 14.4 Å². The fourth-order valence-corrected chi connectivity index (χ4v) is 4.95. The van der Waals surface area contributed by atoms with Crippen molar-refractivity contribution in [2.24, 2.45) is 5.41 Å². The van der Waals surface area contributed by atoms with Crippen molar-refractivity contribution < 1.29 is 23.9 Å². The summed E-state index contributed by atoms with van der Waals surface area (Å²) in [6.45, 7) is 11.6. The highest BCUT2D eigenvalue weighted by Gasteiger charge is 2.45. The zero-order valence-electron chi connectivity index (χ0n) is 27.6. The largest absolute Gasteiger partial charge is 0.356 e. The van der Waals surface area contributed by atoms with Crippen LogP contribution in [0.3, 0.4) is 0 Å². The van der Waals surface area contributed by atoms with Gasteiger partial charge < -0.3 is 25.4 Å². The van der Waals surface area contributed by atoms with Gasteiger partial charge in [0.15, 0.2) is 5.79 Å². The summed E-state index contributed by atoms with van der Waals surface area (Å²) in [7, 11) is 0. The molecule has 0 aromatic carbocycles. The maximum atomic E-state index is 12.6. The molecule has 3 amide bonds. The van der Waals surface area contributed by atoms with Gasteiger partial charge in [-0.2, -0.15) is 0 Å². The average Bonchev–Trinajstić information content (AvgIpc) is 2.94. The van der Waals surface area contributed by atoms with Crippen LogP contribution in [0.1, 0.15) is 144 Å². The molecule has 1 aliphatic heterocycles. The van der Waals surface area contributed by atoms with Gasteiger partial charge in [0.05, 0.1) is 6.61 Å². The normalized spacial score (nSPS) is 17.7. The first-order valence-electron chi connectivity index (χ1n) is 16.9. The summed E-state index contributed by atoms with van der Waals surface area (Å²) in [6, 6.07) is 0. The van der Waals surface area contributed by atoms with E-state index in [1.54, 1.807) is 13.8 Å². The van der Waals surface area contributed by atoms with Crippen LogP contribution in [0.25, 0.3) is 0 Å². The zero-order chi connectivity index (χ0) is 31.1. The minimum Gasteiger partial charge on any atom is -0.356 e. The molecule has 1 saturated heterocycles. The molecule has 0 aliphatic carbocycles. The van der Waals surface area contributed by atoms with Crippen LogP contribution >= 0.6 is 0 Å². The van der Waals surface area contributed by atoms with Crippen molar-refractivity contribution in [1.29, 1.82) is 0 Å². The lowest BCUT2D eigenvalue weighted by molar-refractivity contribution is -0.304. The number of hydrogen-bond acceptors (Lipinski definition) is 5. The molecule has 0 aromatic rings. The van der Waals surface area contributed by atoms with E-state index in [0.29, 0.717) is 26.1 Å². The Balaban J connectivity index is 1.91. The number of rotatable bonds is 24. The molecule has 244 valence electrons. The molecule has 42 heavy (non-hydrogen) atoms. The molecule has 0 bridgehead atoms. The number of allylic oxidation sites excluding steroid dienone is 2. The first-order valence-corrected chi connectivity index (χ1v) is 16.9. The molecule has 1 unspecified atom stereocenters. The molecule has 1 heterocycles. The van der Waals surface area contributed by atoms with Gasteiger partial charge in [-0.05, 0) is 58.8 Å². The average molecular weight is 594 g/mol. The Morgan fingerprint density at radius 3 is 1.79 bits per heavy atom. The van der Waals surface area contributed by atoms with Gasteiger partial charge in [-0.1, -0.05) is 84.3 Å². The van der Waals surface area contributed by atoms with Crippen molar-refractivity contribution in [3.05, 3.63) is 12.2 Å². The molecule has 0 saturated carbocycles. The number of carbonyl (C=O) groups is 3. The highest BCUT2D eigenvalue weighted by atomic mass is 16.7. The lowest BCUT2D eigenvalue weighted by atomic mass is 9.85. The van der Waals surface area contributed by atoms with Crippen LogP contribution < -0.4 is 16.0 Å². The van der Waals surface area contributed by atoms with Crippen LogP contribution in [0.4, 0.5) is 0 Å². The maximum absolute atomic E-state index is 12.6. The Bertz CT molecular complexity index is 781. The summed E-state index contributed by atoms with van der Waals surface area (Å²) < 4.78 is 11.5. The van der Waals surface area contributed by atoms with Crippen molar-refractivity contribution >= 4 is 17.7 Å². The van der Waals surface area contributed by atoms with Crippen molar-refractivity contribution in [2.75, 3.05) is 26.2 Å². The number of nitrogens with one attached hydrogen (secondary N) is 3. The van der Waals surface area contributed by atoms with E-state index in [0.717, 1.165) is 25.7 Å². The van der Waals surface area contributed by atoms with Crippen molar-refractivity contribution in [3.63, 3.8) is 0 Å². The van der Waals surface area contributed by atoms with Crippen LogP contribution in [0.15, 0.2) is 12.2 Å². The highest BCUT2D eigenvalue weighted by molar-refractivity contribution is 5.83. The van der Waals surface area contributed by atoms with E-state index in [1.165, 1.54) is 70.6 Å². The van der Waals surface area contributed by atoms with E-state index in [-0.39, 0.29) is 30.7 Å². The second-order valence-corrected chi connectivity index (χ2v) is 13.0. The number of amides is 3. The lowest BCUT2D eigenvalue weighted by Crippen LogP contribution is -2.56. The minimum absolute atomic E-state index is 0.101. The van der Waals surface area contributed by atoms with Gasteiger partial charge in [0.2, 0.25) is 17.7 Å². The summed E-state index contributed by atoms with van der Waals surface area (Å²) in [4.78, 5) is 36.8. The van der Waals surface area contributed by atoms with Gasteiger partial charge in [-0.25, -0.2) is 0 Å². The Morgan fingerprint density at radius 1 is 0.667 bits per heavy atom. The molecule has 0 aromatic heterocycles. The van der Waals surface area contributed by atoms with Gasteiger partial charge >= 0.3 is 0 Å². The molecule has 1 rings (SSSR count). The third-order valence-corrected chi connectivity index (χ3v) is 7.71. The SMILES string of the molecule is CCCCCCCC/C=C\CCCCCCCC(=O)NCCCCNC(=O)CCNC(=O)C1OC(C)(C)OCC1(C)C. The van der Waals surface area contributed by atoms with Crippen molar-refractivity contribution in [2.45, 2.75) is 156 Å². The minimum atomic E-state index is -0.807. The molecule has 0 spiro atoms. The summed E-state index contributed by atoms with van der Waals surface area (Å²) in [5.41, 5.74) is -0.443. The maximum Gasteiger partial charge on any atom is 0.249 e. The van der Waals surface area contributed by atoms with Gasteiger partial charge in [0, 0.05) is 37.9 Å². The van der Waals surface area contributed by atoms with Gasteiger partial charge in [0.25, 0.3) is 0 Å². The molecule has 1 aliphatic rings. The summed E-state index contributed by atoms with van der Waals surface area (Å²) >= 11 is 0. The molecule has 8 heteroatoms. The third kappa shape index (κ3) is 19.3. The highest BCUT2D eigenvalue weighted by Crippen LogP contribution is 2.34. The topological polar surface area (TPSA) is 106 Å². The predicted octanol–water partition coefficient (Wildman–Crippen LogP) is 6.72. The van der Waals surface area contributed by atoms with Crippen LogP contribution in [0, 0.1) is 5.41 Å². The van der Waals surface area contributed by atoms with Crippen molar-refractivity contribution in [1.82, 2.24) is 16.0 Å². The Labute approximate surface area is 256 Å². The lowest BCUT2D eigenvalue weighted by Gasteiger charge is -2.44. The van der Waals surface area contributed by atoms with E-state index >= 15 is 0 Å². The quantitative estimate of drug-likeness (QED) is 0.0851. The fraction of sp³-hybridized carbons (Fsp3) is 0.853. The van der Waals surface area contributed by atoms with Gasteiger partial charge in [-0.3, -0.25) is 14.4 Å². The Hall–Kier alpha value is -1.93. The van der Waals surface area contributed by atoms with E-state index < -0.39 is 17.3 Å². The standard InChI is InChI=1S/C34H63N3O5/c1-6-7-8-9-10-11-12-13-14-15-16-17-18-19-20-23-29(38)35-25-21-22-26-36-30(39)24-27-37-32(40)31-33(2,3)28-41-34(4,5)42-31/h13-14,31H,6-12,15-28H2,1-5H3,(H,35,38)(H,36,39)(H,37,40)/b14-13-. The zero-order valence-corrected chi connectivity index (χ0v) is 27.6. The third-order valence-electron chi connectivity index (χ3n) is 7.71. The summed E-state index contributed by atoms with van der Waals surface area (Å²) in [5, 5.41) is 8.68. The number of carbonyl (C=O) groups excluding carboxylic acids is 3. The summed E-state index contributed by atoms with van der Waals surface area (Å²) in [5.74, 6) is -1.01. The fourth-order valence-electron chi connectivity index (χ4n) is 4.95. The molecule has 1 fully saturated rings. The molecular formula is C34H63N3O5. The van der Waals surface area contributed by atoms with Crippen LogP contribution in [0.5, 0.6) is 0 Å². The first-order chi connectivity index (χ1) is 20.1. The second kappa shape index (κ2) is 22.6. The second-order valence-electron chi connectivity index (χ2n) is 13.0. The number of hydrogen-bond donors (Lipinski definition) is 3. The van der Waals surface area contributed by atoms with Crippen molar-refractivity contribution in [3.8, 4) is 0 Å². The van der Waals surface area contributed by atoms with E-state index in [4.69, 9.17) is 9.47 Å². The molecule has 0 radical (unpaired) electrons. The van der Waals surface area contributed by atoms with Crippen LogP contribution in [0.2, 0.25) is 0 Å². The van der Waals surface area contributed by atoms with Gasteiger partial charge in [-0.15, -0.1) is 0 Å². The number of unbranched alkanes of at least 4 members (excludes halogenated alkanes) is 12. The first kappa shape index (κ1) is 38.1. The number of ether oxygens (including phenoxy) is 2.